The van der Waals surface area contributed by atoms with Crippen LogP contribution in [-0.2, 0) is 9.53 Å². The number of hydrogen-bond acceptors (Lipinski definition) is 5. The molecule has 5 heteroatoms. The summed E-state index contributed by atoms with van der Waals surface area (Å²) in [6.45, 7) is 0. The molecule has 0 aromatic heterocycles. The number of hydrogen-bond donors (Lipinski definition) is 1. The molecular formula is C11H10N2O3. The standard InChI is InChI=1S/C11H10N2O3/c1-15-11(14)9(7-12)10(13)16-8-5-3-2-4-6-8/h2-6H,13H2,1H3/b10-9+. The second kappa shape index (κ2) is 5.41. The SMILES string of the molecule is COC(=O)/C(C#N)=C(\N)Oc1ccccc1. The minimum atomic E-state index is -0.823. The van der Waals surface area contributed by atoms with Gasteiger partial charge in [0.25, 0.3) is 0 Å². The Balaban J connectivity index is 2.92. The molecule has 5 nitrogen and oxygen atoms in total. The summed E-state index contributed by atoms with van der Waals surface area (Å²) in [6, 6.07) is 10.2. The number of carbonyl (C=O) groups excluding carboxylic acids is 1. The van der Waals surface area contributed by atoms with E-state index in [-0.39, 0.29) is 11.5 Å². The number of carbonyl (C=O) groups is 1. The molecule has 0 amide bonds. The Morgan fingerprint density at radius 1 is 1.38 bits per heavy atom. The maximum absolute atomic E-state index is 11.1. The van der Waals surface area contributed by atoms with Gasteiger partial charge in [-0.3, -0.25) is 0 Å². The number of ether oxygens (including phenoxy) is 2. The number of nitrogens with two attached hydrogens (primary N) is 1. The van der Waals surface area contributed by atoms with Crippen LogP contribution in [0.2, 0.25) is 0 Å². The third kappa shape index (κ3) is 2.75. The van der Waals surface area contributed by atoms with Crippen LogP contribution >= 0.6 is 0 Å². The fourth-order valence-electron chi connectivity index (χ4n) is 0.970. The molecule has 0 heterocycles. The molecule has 1 aromatic carbocycles. The molecule has 0 aliphatic rings. The summed E-state index contributed by atoms with van der Waals surface area (Å²) in [7, 11) is 1.16. The molecule has 0 saturated heterocycles. The molecule has 0 atom stereocenters. The molecule has 1 rings (SSSR count). The quantitative estimate of drug-likeness (QED) is 0.353. The van der Waals surface area contributed by atoms with Crippen LogP contribution in [0, 0.1) is 11.3 Å². The molecular weight excluding hydrogens is 208 g/mol. The zero-order chi connectivity index (χ0) is 12.0. The van der Waals surface area contributed by atoms with Gasteiger partial charge in [-0.1, -0.05) is 18.2 Å². The van der Waals surface area contributed by atoms with Gasteiger partial charge in [0.15, 0.2) is 5.57 Å². The van der Waals surface area contributed by atoms with Crippen LogP contribution in [0.5, 0.6) is 5.75 Å². The van der Waals surface area contributed by atoms with Crippen molar-refractivity contribution in [2.24, 2.45) is 5.73 Å². The molecule has 0 unspecified atom stereocenters. The van der Waals surface area contributed by atoms with Crippen LogP contribution in [0.4, 0.5) is 0 Å². The lowest BCUT2D eigenvalue weighted by atomic mass is 10.3. The van der Waals surface area contributed by atoms with Crippen molar-refractivity contribution in [1.82, 2.24) is 0 Å². The van der Waals surface area contributed by atoms with E-state index in [0.717, 1.165) is 7.11 Å². The minimum absolute atomic E-state index is 0.277. The maximum Gasteiger partial charge on any atom is 0.354 e. The van der Waals surface area contributed by atoms with Gasteiger partial charge >= 0.3 is 5.97 Å². The Hall–Kier alpha value is -2.48. The number of esters is 1. The number of para-hydroxylation sites is 1. The first-order valence-electron chi connectivity index (χ1n) is 4.40. The molecule has 82 valence electrons. The zero-order valence-corrected chi connectivity index (χ0v) is 8.64. The Morgan fingerprint density at radius 3 is 2.50 bits per heavy atom. The summed E-state index contributed by atoms with van der Waals surface area (Å²) < 4.78 is 9.51. The number of nitrogens with zero attached hydrogens (tertiary/aromatic N) is 1. The van der Waals surface area contributed by atoms with Gasteiger partial charge in [-0.2, -0.15) is 5.26 Å². The van der Waals surface area contributed by atoms with Gasteiger partial charge in [-0.15, -0.1) is 0 Å². The van der Waals surface area contributed by atoms with Crippen LogP contribution in [0.25, 0.3) is 0 Å². The molecule has 0 fully saturated rings. The highest BCUT2D eigenvalue weighted by Crippen LogP contribution is 2.12. The van der Waals surface area contributed by atoms with Crippen molar-refractivity contribution in [2.45, 2.75) is 0 Å². The van der Waals surface area contributed by atoms with Gasteiger partial charge in [0.1, 0.15) is 11.8 Å². The van der Waals surface area contributed by atoms with E-state index < -0.39 is 5.97 Å². The molecule has 2 N–H and O–H groups in total. The van der Waals surface area contributed by atoms with Gasteiger partial charge in [-0.25, -0.2) is 4.79 Å². The van der Waals surface area contributed by atoms with Crippen LogP contribution in [0.15, 0.2) is 41.8 Å². The molecule has 0 radical (unpaired) electrons. The third-order valence-corrected chi connectivity index (χ3v) is 1.72. The third-order valence-electron chi connectivity index (χ3n) is 1.72. The van der Waals surface area contributed by atoms with Gasteiger partial charge in [0.2, 0.25) is 5.88 Å². The fourth-order valence-corrected chi connectivity index (χ4v) is 0.970. The number of benzene rings is 1. The van der Waals surface area contributed by atoms with E-state index in [9.17, 15) is 4.79 Å². The van der Waals surface area contributed by atoms with Crippen molar-refractivity contribution >= 4 is 5.97 Å². The van der Waals surface area contributed by atoms with Crippen LogP contribution in [-0.4, -0.2) is 13.1 Å². The Morgan fingerprint density at radius 2 is 2.00 bits per heavy atom. The van der Waals surface area contributed by atoms with E-state index in [0.29, 0.717) is 5.75 Å². The predicted octanol–water partition coefficient (Wildman–Crippen LogP) is 0.932. The Bertz CT molecular complexity index is 446. The monoisotopic (exact) mass is 218 g/mol. The van der Waals surface area contributed by atoms with Crippen molar-refractivity contribution in [3.63, 3.8) is 0 Å². The van der Waals surface area contributed by atoms with Crippen LogP contribution in [0.1, 0.15) is 0 Å². The van der Waals surface area contributed by atoms with Crippen LogP contribution < -0.4 is 10.5 Å². The average Bonchev–Trinajstić information content (AvgIpc) is 2.31. The first-order chi connectivity index (χ1) is 7.69. The van der Waals surface area contributed by atoms with Crippen molar-refractivity contribution in [2.75, 3.05) is 7.11 Å². The highest BCUT2D eigenvalue weighted by molar-refractivity contribution is 5.93. The lowest BCUT2D eigenvalue weighted by Crippen LogP contribution is -2.15. The molecule has 0 aliphatic carbocycles. The van der Waals surface area contributed by atoms with E-state index in [2.05, 4.69) is 4.74 Å². The summed E-state index contributed by atoms with van der Waals surface area (Å²) >= 11 is 0. The Kier molecular flexibility index (Phi) is 3.92. The lowest BCUT2D eigenvalue weighted by molar-refractivity contribution is -0.135. The minimum Gasteiger partial charge on any atom is -0.465 e. The lowest BCUT2D eigenvalue weighted by Gasteiger charge is -2.06. The van der Waals surface area contributed by atoms with E-state index in [1.165, 1.54) is 0 Å². The van der Waals surface area contributed by atoms with Gasteiger partial charge in [-0.05, 0) is 12.1 Å². The van der Waals surface area contributed by atoms with Gasteiger partial charge in [0.05, 0.1) is 7.11 Å². The second-order valence-corrected chi connectivity index (χ2v) is 2.76. The average molecular weight is 218 g/mol. The second-order valence-electron chi connectivity index (χ2n) is 2.76. The molecule has 16 heavy (non-hydrogen) atoms. The van der Waals surface area contributed by atoms with Crippen molar-refractivity contribution in [1.29, 1.82) is 5.26 Å². The van der Waals surface area contributed by atoms with Crippen molar-refractivity contribution < 1.29 is 14.3 Å². The smallest absolute Gasteiger partial charge is 0.354 e. The van der Waals surface area contributed by atoms with Crippen molar-refractivity contribution in [3.8, 4) is 11.8 Å². The molecule has 0 spiro atoms. The summed E-state index contributed by atoms with van der Waals surface area (Å²) in [5, 5.41) is 8.71. The first-order valence-corrected chi connectivity index (χ1v) is 4.40. The van der Waals surface area contributed by atoms with Crippen LogP contribution in [0.3, 0.4) is 0 Å². The molecule has 0 aliphatic heterocycles. The molecule has 1 aromatic rings. The largest absolute Gasteiger partial charge is 0.465 e. The van der Waals surface area contributed by atoms with Gasteiger partial charge < -0.3 is 15.2 Å². The summed E-state index contributed by atoms with van der Waals surface area (Å²) in [6.07, 6.45) is 0. The fraction of sp³-hybridized carbons (Fsp3) is 0.0909. The summed E-state index contributed by atoms with van der Waals surface area (Å²) in [5.74, 6) is -0.659. The summed E-state index contributed by atoms with van der Waals surface area (Å²) in [5.41, 5.74) is 5.12. The topological polar surface area (TPSA) is 85.3 Å². The maximum atomic E-state index is 11.1. The molecule has 0 saturated carbocycles. The van der Waals surface area contributed by atoms with E-state index in [1.54, 1.807) is 36.4 Å². The number of nitriles is 1. The highest BCUT2D eigenvalue weighted by Gasteiger charge is 2.15. The predicted molar refractivity (Wildman–Crippen MR) is 55.9 cm³/mol. The normalized spacial score (nSPS) is 11.0. The number of methoxy groups -OCH3 is 1. The van der Waals surface area contributed by atoms with E-state index in [4.69, 9.17) is 15.7 Å². The van der Waals surface area contributed by atoms with E-state index in [1.807, 2.05) is 0 Å². The number of rotatable bonds is 3. The zero-order valence-electron chi connectivity index (χ0n) is 8.64. The molecule has 0 bridgehead atoms. The first kappa shape index (κ1) is 11.6. The van der Waals surface area contributed by atoms with Gasteiger partial charge in [0, 0.05) is 0 Å². The van der Waals surface area contributed by atoms with Crippen molar-refractivity contribution in [3.05, 3.63) is 41.8 Å². The summed E-state index contributed by atoms with van der Waals surface area (Å²) in [4.78, 5) is 11.1. The van der Waals surface area contributed by atoms with E-state index >= 15 is 0 Å². The Labute approximate surface area is 92.7 Å². The highest BCUT2D eigenvalue weighted by atomic mass is 16.5.